The number of phenolic OH excluding ortho intramolecular Hbond substituents is 1. The van der Waals surface area contributed by atoms with E-state index < -0.39 is 5.97 Å². The number of aliphatic hydroxyl groups is 1. The lowest BCUT2D eigenvalue weighted by atomic mass is 10.1. The Bertz CT molecular complexity index is 621. The number of amides is 1. The molecule has 7 nitrogen and oxygen atoms in total. The average molecular weight is 369 g/mol. The van der Waals surface area contributed by atoms with Gasteiger partial charge in [0, 0.05) is 29.6 Å². The zero-order chi connectivity index (χ0) is 18.2. The van der Waals surface area contributed by atoms with Crippen molar-refractivity contribution in [3.8, 4) is 11.5 Å². The molecule has 1 aliphatic rings. The molecule has 1 amide bonds. The van der Waals surface area contributed by atoms with Gasteiger partial charge < -0.3 is 25.0 Å². The van der Waals surface area contributed by atoms with Gasteiger partial charge in [0.25, 0.3) is 0 Å². The largest absolute Gasteiger partial charge is 0.507 e. The van der Waals surface area contributed by atoms with Gasteiger partial charge in [-0.15, -0.1) is 0 Å². The van der Waals surface area contributed by atoms with Crippen LogP contribution in [0.1, 0.15) is 35.2 Å². The minimum atomic E-state index is -0.523. The Hall–Kier alpha value is -1.93. The van der Waals surface area contributed by atoms with Crippen LogP contribution in [0.5, 0.6) is 11.5 Å². The SMILES string of the molecule is COc1cc(O)c2c(c1)C(=O)OCCCCC(=O)N[C@H](CO)CSC2. The smallest absolute Gasteiger partial charge is 0.338 e. The van der Waals surface area contributed by atoms with E-state index in [1.807, 2.05) is 0 Å². The van der Waals surface area contributed by atoms with Crippen molar-refractivity contribution < 1.29 is 29.3 Å². The highest BCUT2D eigenvalue weighted by Gasteiger charge is 2.20. The summed E-state index contributed by atoms with van der Waals surface area (Å²) in [4.78, 5) is 24.2. The highest BCUT2D eigenvalue weighted by atomic mass is 32.2. The molecule has 25 heavy (non-hydrogen) atoms. The van der Waals surface area contributed by atoms with E-state index in [2.05, 4.69) is 5.32 Å². The molecular weight excluding hydrogens is 346 g/mol. The number of hydrogen-bond acceptors (Lipinski definition) is 7. The molecule has 8 heteroatoms. The Morgan fingerprint density at radius 1 is 1.36 bits per heavy atom. The van der Waals surface area contributed by atoms with Gasteiger partial charge in [0.15, 0.2) is 0 Å². The number of cyclic esters (lactones) is 1. The number of esters is 1. The molecule has 0 spiro atoms. The maximum absolute atomic E-state index is 12.4. The highest BCUT2D eigenvalue weighted by molar-refractivity contribution is 7.98. The molecule has 1 heterocycles. The van der Waals surface area contributed by atoms with Crippen LogP contribution in [0.3, 0.4) is 0 Å². The first-order chi connectivity index (χ1) is 12.0. The highest BCUT2D eigenvalue weighted by Crippen LogP contribution is 2.31. The number of benzene rings is 1. The zero-order valence-corrected chi connectivity index (χ0v) is 14.9. The summed E-state index contributed by atoms with van der Waals surface area (Å²) in [6.07, 6.45) is 1.47. The Morgan fingerprint density at radius 2 is 2.16 bits per heavy atom. The van der Waals surface area contributed by atoms with Gasteiger partial charge in [-0.05, 0) is 18.9 Å². The fourth-order valence-corrected chi connectivity index (χ4v) is 3.55. The summed E-state index contributed by atoms with van der Waals surface area (Å²) in [6, 6.07) is 2.63. The Morgan fingerprint density at radius 3 is 2.88 bits per heavy atom. The molecule has 1 aromatic rings. The van der Waals surface area contributed by atoms with E-state index in [0.29, 0.717) is 42.1 Å². The van der Waals surface area contributed by atoms with Crippen LogP contribution in [0.4, 0.5) is 0 Å². The number of thioether (sulfide) groups is 1. The van der Waals surface area contributed by atoms with Crippen molar-refractivity contribution in [3.63, 3.8) is 0 Å². The van der Waals surface area contributed by atoms with Crippen LogP contribution in [-0.2, 0) is 15.3 Å². The second kappa shape index (κ2) is 9.53. The number of methoxy groups -OCH3 is 1. The number of ether oxygens (including phenoxy) is 2. The summed E-state index contributed by atoms with van der Waals surface area (Å²) in [7, 11) is 1.46. The van der Waals surface area contributed by atoms with Gasteiger partial charge in [0.1, 0.15) is 11.5 Å². The van der Waals surface area contributed by atoms with Crippen LogP contribution in [0.25, 0.3) is 0 Å². The monoisotopic (exact) mass is 369 g/mol. The molecule has 1 atom stereocenters. The third-order valence-corrected chi connectivity index (χ3v) is 4.97. The summed E-state index contributed by atoms with van der Waals surface area (Å²) < 4.78 is 10.4. The van der Waals surface area contributed by atoms with Crippen molar-refractivity contribution in [2.45, 2.75) is 31.1 Å². The summed E-state index contributed by atoms with van der Waals surface area (Å²) in [5.74, 6) is 0.478. The molecule has 0 aliphatic carbocycles. The number of fused-ring (bicyclic) bond motifs is 1. The molecular formula is C17H23NO6S. The van der Waals surface area contributed by atoms with Crippen LogP contribution in [0.2, 0.25) is 0 Å². The van der Waals surface area contributed by atoms with Gasteiger partial charge >= 0.3 is 5.97 Å². The molecule has 138 valence electrons. The zero-order valence-electron chi connectivity index (χ0n) is 14.1. The van der Waals surface area contributed by atoms with Crippen LogP contribution >= 0.6 is 11.8 Å². The molecule has 0 bridgehead atoms. The van der Waals surface area contributed by atoms with Gasteiger partial charge in [0.05, 0.1) is 31.9 Å². The first-order valence-corrected chi connectivity index (χ1v) is 9.25. The molecule has 0 unspecified atom stereocenters. The number of carbonyl (C=O) groups excluding carboxylic acids is 2. The van der Waals surface area contributed by atoms with E-state index in [0.717, 1.165) is 0 Å². The molecule has 1 aromatic carbocycles. The molecule has 0 radical (unpaired) electrons. The van der Waals surface area contributed by atoms with Gasteiger partial charge in [-0.1, -0.05) is 0 Å². The van der Waals surface area contributed by atoms with Crippen molar-refractivity contribution in [2.24, 2.45) is 0 Å². The lowest BCUT2D eigenvalue weighted by Crippen LogP contribution is -2.39. The number of nitrogens with one attached hydrogen (secondary N) is 1. The molecule has 2 rings (SSSR count). The molecule has 1 aliphatic heterocycles. The average Bonchev–Trinajstić information content (AvgIpc) is 2.60. The second-order valence-electron chi connectivity index (χ2n) is 5.73. The first-order valence-electron chi connectivity index (χ1n) is 8.10. The van der Waals surface area contributed by atoms with E-state index in [1.165, 1.54) is 24.9 Å². The Kier molecular flexibility index (Phi) is 7.39. The fourth-order valence-electron chi connectivity index (χ4n) is 2.46. The van der Waals surface area contributed by atoms with Crippen molar-refractivity contribution in [3.05, 3.63) is 23.3 Å². The van der Waals surface area contributed by atoms with Crippen molar-refractivity contribution >= 4 is 23.6 Å². The predicted molar refractivity (Wildman–Crippen MR) is 94.0 cm³/mol. The number of carbonyl (C=O) groups is 2. The minimum absolute atomic E-state index is 0.0459. The van der Waals surface area contributed by atoms with E-state index >= 15 is 0 Å². The fraction of sp³-hybridized carbons (Fsp3) is 0.529. The number of phenols is 1. The Labute approximate surface area is 150 Å². The summed E-state index contributed by atoms with van der Waals surface area (Å²) in [5.41, 5.74) is 0.724. The van der Waals surface area contributed by atoms with E-state index in [-0.39, 0.29) is 36.5 Å². The summed E-state index contributed by atoms with van der Waals surface area (Å²) in [5, 5.41) is 22.4. The lowest BCUT2D eigenvalue weighted by Gasteiger charge is -2.18. The second-order valence-corrected chi connectivity index (χ2v) is 6.76. The Balaban J connectivity index is 2.24. The van der Waals surface area contributed by atoms with Crippen molar-refractivity contribution in [1.82, 2.24) is 5.32 Å². The van der Waals surface area contributed by atoms with Gasteiger partial charge in [0.2, 0.25) is 5.91 Å². The first kappa shape index (κ1) is 19.4. The quantitative estimate of drug-likeness (QED) is 0.678. The number of hydrogen-bond donors (Lipinski definition) is 3. The molecule has 0 saturated heterocycles. The van der Waals surface area contributed by atoms with E-state index in [4.69, 9.17) is 9.47 Å². The third kappa shape index (κ3) is 5.54. The summed E-state index contributed by atoms with van der Waals surface area (Å²) >= 11 is 1.40. The molecule has 0 fully saturated rings. The van der Waals surface area contributed by atoms with Crippen LogP contribution in [-0.4, -0.2) is 54.2 Å². The number of aliphatic hydroxyl groups excluding tert-OH is 1. The van der Waals surface area contributed by atoms with Gasteiger partial charge in [-0.25, -0.2) is 4.79 Å². The summed E-state index contributed by atoms with van der Waals surface area (Å²) in [6.45, 7) is 0.0301. The van der Waals surface area contributed by atoms with E-state index in [9.17, 15) is 19.8 Å². The van der Waals surface area contributed by atoms with Gasteiger partial charge in [-0.3, -0.25) is 4.79 Å². The van der Waals surface area contributed by atoms with Gasteiger partial charge in [-0.2, -0.15) is 11.8 Å². The predicted octanol–water partition coefficient (Wildman–Crippen LogP) is 1.45. The number of aromatic hydroxyl groups is 1. The molecule has 3 N–H and O–H groups in total. The topological polar surface area (TPSA) is 105 Å². The normalized spacial score (nSPS) is 20.0. The molecule has 0 saturated carbocycles. The third-order valence-electron chi connectivity index (χ3n) is 3.84. The van der Waals surface area contributed by atoms with Crippen LogP contribution in [0.15, 0.2) is 12.1 Å². The van der Waals surface area contributed by atoms with Crippen molar-refractivity contribution in [1.29, 1.82) is 0 Å². The minimum Gasteiger partial charge on any atom is -0.507 e. The lowest BCUT2D eigenvalue weighted by molar-refractivity contribution is -0.122. The van der Waals surface area contributed by atoms with Crippen LogP contribution in [0, 0.1) is 0 Å². The van der Waals surface area contributed by atoms with Crippen molar-refractivity contribution in [2.75, 3.05) is 26.1 Å². The maximum Gasteiger partial charge on any atom is 0.338 e. The number of rotatable bonds is 2. The van der Waals surface area contributed by atoms with Crippen LogP contribution < -0.4 is 10.1 Å². The molecule has 0 aromatic heterocycles. The maximum atomic E-state index is 12.4. The standard InChI is InChI=1S/C17H23NO6S/c1-23-12-6-13-14(15(20)7-12)10-25-9-11(8-19)18-16(21)4-2-3-5-24-17(13)22/h6-7,11,19-20H,2-5,8-10H2,1H3,(H,18,21)/t11-/m1/s1. The van der Waals surface area contributed by atoms with E-state index in [1.54, 1.807) is 6.07 Å².